The van der Waals surface area contributed by atoms with Gasteiger partial charge in [0.15, 0.2) is 0 Å². The van der Waals surface area contributed by atoms with Crippen LogP contribution in [0.1, 0.15) is 44.2 Å². The highest BCUT2D eigenvalue weighted by atomic mass is 16.3. The number of aliphatic hydroxyl groups is 1. The van der Waals surface area contributed by atoms with Gasteiger partial charge in [0.05, 0.1) is 12.6 Å². The highest BCUT2D eigenvalue weighted by molar-refractivity contribution is 5.74. The number of carbonyl (C=O) groups is 1. The molecule has 0 saturated carbocycles. The van der Waals surface area contributed by atoms with Crippen LogP contribution in [0.3, 0.4) is 0 Å². The molecule has 5 heteroatoms. The Bertz CT molecular complexity index is 518. The zero-order chi connectivity index (χ0) is 17.5. The van der Waals surface area contributed by atoms with Gasteiger partial charge >= 0.3 is 6.03 Å². The lowest BCUT2D eigenvalue weighted by atomic mass is 10.0. The van der Waals surface area contributed by atoms with Crippen molar-refractivity contribution in [1.82, 2.24) is 15.1 Å². The molecule has 1 aromatic rings. The number of benzene rings is 1. The predicted octanol–water partition coefficient (Wildman–Crippen LogP) is 2.58. The fourth-order valence-corrected chi connectivity index (χ4v) is 3.01. The Morgan fingerprint density at radius 3 is 2.62 bits per heavy atom. The summed E-state index contributed by atoms with van der Waals surface area (Å²) in [6.07, 6.45) is 3.94. The first kappa shape index (κ1) is 18.7. The van der Waals surface area contributed by atoms with Gasteiger partial charge in [-0.05, 0) is 44.4 Å². The summed E-state index contributed by atoms with van der Waals surface area (Å²) in [5.41, 5.74) is 2.41. The average molecular weight is 333 g/mol. The minimum absolute atomic E-state index is 0.0342. The molecule has 24 heavy (non-hydrogen) atoms. The molecule has 1 heterocycles. The number of urea groups is 1. The molecule has 2 atom stereocenters. The number of amides is 2. The van der Waals surface area contributed by atoms with E-state index in [-0.39, 0.29) is 18.7 Å². The van der Waals surface area contributed by atoms with Crippen LogP contribution >= 0.6 is 0 Å². The second-order valence-electron chi connectivity index (χ2n) is 6.93. The minimum atomic E-state index is -0.182. The van der Waals surface area contributed by atoms with Gasteiger partial charge in [-0.1, -0.05) is 30.7 Å². The van der Waals surface area contributed by atoms with Crippen molar-refractivity contribution >= 4 is 6.03 Å². The Morgan fingerprint density at radius 2 is 2.00 bits per heavy atom. The third-order valence-electron chi connectivity index (χ3n) is 5.04. The molecular weight excluding hydrogens is 302 g/mol. The molecule has 2 amide bonds. The van der Waals surface area contributed by atoms with Gasteiger partial charge in [-0.2, -0.15) is 0 Å². The Labute approximate surface area is 145 Å². The van der Waals surface area contributed by atoms with Crippen LogP contribution in [0.4, 0.5) is 4.79 Å². The summed E-state index contributed by atoms with van der Waals surface area (Å²) in [4.78, 5) is 16.0. The second kappa shape index (κ2) is 9.04. The molecule has 0 bridgehead atoms. The lowest BCUT2D eigenvalue weighted by Gasteiger charge is -2.33. The number of carbonyl (C=O) groups excluding carboxylic acids is 1. The van der Waals surface area contributed by atoms with E-state index >= 15 is 0 Å². The number of aliphatic hydroxyl groups excluding tert-OH is 1. The molecule has 2 N–H and O–H groups in total. The highest BCUT2D eigenvalue weighted by Gasteiger charge is 2.18. The van der Waals surface area contributed by atoms with E-state index in [1.165, 1.54) is 36.3 Å². The van der Waals surface area contributed by atoms with Crippen LogP contribution in [0, 0.1) is 0 Å². The topological polar surface area (TPSA) is 55.8 Å². The maximum absolute atomic E-state index is 12.0. The van der Waals surface area contributed by atoms with Gasteiger partial charge in [-0.3, -0.25) is 4.90 Å². The van der Waals surface area contributed by atoms with Crippen LogP contribution in [0.15, 0.2) is 24.3 Å². The zero-order valence-corrected chi connectivity index (χ0v) is 15.2. The predicted molar refractivity (Wildman–Crippen MR) is 96.7 cm³/mol. The third kappa shape index (κ3) is 5.21. The summed E-state index contributed by atoms with van der Waals surface area (Å²) in [5, 5.41) is 12.0. The molecule has 1 saturated heterocycles. The first-order valence-corrected chi connectivity index (χ1v) is 8.94. The van der Waals surface area contributed by atoms with Crippen molar-refractivity contribution in [1.29, 1.82) is 0 Å². The standard InChI is InChI=1S/C19H31N3O2/c1-15-6-4-5-11-22(15)13-18-9-7-17(8-10-18)12-20-19(24)21(3)16(2)14-23/h7-10,15-16,23H,4-6,11-14H2,1-3H3,(H,20,24). The third-order valence-corrected chi connectivity index (χ3v) is 5.04. The fraction of sp³-hybridized carbons (Fsp3) is 0.632. The molecule has 1 fully saturated rings. The van der Waals surface area contributed by atoms with Crippen molar-refractivity contribution in [3.8, 4) is 0 Å². The maximum Gasteiger partial charge on any atom is 0.317 e. The van der Waals surface area contributed by atoms with Crippen LogP contribution in [0.2, 0.25) is 0 Å². The van der Waals surface area contributed by atoms with Gasteiger partial charge in [0, 0.05) is 26.2 Å². The molecule has 0 spiro atoms. The summed E-state index contributed by atoms with van der Waals surface area (Å²) in [6.45, 7) is 6.79. The first-order valence-electron chi connectivity index (χ1n) is 8.94. The number of rotatable bonds is 6. The molecule has 2 unspecified atom stereocenters. The molecule has 0 aliphatic carbocycles. The fourth-order valence-electron chi connectivity index (χ4n) is 3.01. The Kier molecular flexibility index (Phi) is 7.06. The molecular formula is C19H31N3O2. The summed E-state index contributed by atoms with van der Waals surface area (Å²) in [7, 11) is 1.69. The van der Waals surface area contributed by atoms with Crippen molar-refractivity contribution in [2.75, 3.05) is 20.2 Å². The number of hydrogen-bond acceptors (Lipinski definition) is 3. The van der Waals surface area contributed by atoms with E-state index in [4.69, 9.17) is 5.11 Å². The SMILES string of the molecule is CC1CCCCN1Cc1ccc(CNC(=O)N(C)C(C)CO)cc1. The Hall–Kier alpha value is -1.59. The Morgan fingerprint density at radius 1 is 1.33 bits per heavy atom. The molecule has 1 aliphatic rings. The largest absolute Gasteiger partial charge is 0.394 e. The van der Waals surface area contributed by atoms with Crippen molar-refractivity contribution in [2.45, 2.75) is 58.3 Å². The second-order valence-corrected chi connectivity index (χ2v) is 6.93. The van der Waals surface area contributed by atoms with E-state index in [0.717, 1.165) is 12.1 Å². The molecule has 0 aromatic heterocycles. The van der Waals surface area contributed by atoms with Crippen molar-refractivity contribution in [3.63, 3.8) is 0 Å². The molecule has 2 rings (SSSR count). The van der Waals surface area contributed by atoms with E-state index in [9.17, 15) is 4.79 Å². The van der Waals surface area contributed by atoms with E-state index in [0.29, 0.717) is 12.6 Å². The van der Waals surface area contributed by atoms with Crippen molar-refractivity contribution in [2.24, 2.45) is 0 Å². The molecule has 0 radical (unpaired) electrons. The first-order chi connectivity index (χ1) is 11.5. The van der Waals surface area contributed by atoms with Gasteiger partial charge in [-0.15, -0.1) is 0 Å². The quantitative estimate of drug-likeness (QED) is 0.841. The van der Waals surface area contributed by atoms with Crippen molar-refractivity contribution in [3.05, 3.63) is 35.4 Å². The zero-order valence-electron chi connectivity index (χ0n) is 15.2. The number of hydrogen-bond donors (Lipinski definition) is 2. The summed E-state index contributed by atoms with van der Waals surface area (Å²) in [5.74, 6) is 0. The number of nitrogens with zero attached hydrogens (tertiary/aromatic N) is 2. The van der Waals surface area contributed by atoms with Gasteiger partial charge in [-0.25, -0.2) is 4.79 Å². The number of nitrogens with one attached hydrogen (secondary N) is 1. The molecule has 1 aromatic carbocycles. The van der Waals surface area contributed by atoms with E-state index in [2.05, 4.69) is 41.4 Å². The molecule has 1 aliphatic heterocycles. The summed E-state index contributed by atoms with van der Waals surface area (Å²) < 4.78 is 0. The smallest absolute Gasteiger partial charge is 0.317 e. The summed E-state index contributed by atoms with van der Waals surface area (Å²) in [6, 6.07) is 8.80. The number of likely N-dealkylation sites (tertiary alicyclic amines) is 1. The van der Waals surface area contributed by atoms with Gasteiger partial charge in [0.2, 0.25) is 0 Å². The van der Waals surface area contributed by atoms with Crippen LogP contribution in [-0.4, -0.2) is 53.2 Å². The van der Waals surface area contributed by atoms with Gasteiger partial charge < -0.3 is 15.3 Å². The summed E-state index contributed by atoms with van der Waals surface area (Å²) >= 11 is 0. The van der Waals surface area contributed by atoms with E-state index in [1.54, 1.807) is 7.05 Å². The van der Waals surface area contributed by atoms with Crippen LogP contribution in [0.25, 0.3) is 0 Å². The lowest BCUT2D eigenvalue weighted by Crippen LogP contribution is -2.43. The molecule has 134 valence electrons. The number of likely N-dealkylation sites (N-methyl/N-ethyl adjacent to an activating group) is 1. The van der Waals surface area contributed by atoms with E-state index in [1.807, 2.05) is 6.92 Å². The van der Waals surface area contributed by atoms with Crippen molar-refractivity contribution < 1.29 is 9.90 Å². The minimum Gasteiger partial charge on any atom is -0.394 e. The number of piperidine rings is 1. The van der Waals surface area contributed by atoms with Gasteiger partial charge in [0.25, 0.3) is 0 Å². The molecule has 5 nitrogen and oxygen atoms in total. The van der Waals surface area contributed by atoms with Crippen LogP contribution < -0.4 is 5.32 Å². The lowest BCUT2D eigenvalue weighted by molar-refractivity contribution is 0.152. The van der Waals surface area contributed by atoms with Crippen LogP contribution in [-0.2, 0) is 13.1 Å². The Balaban J connectivity index is 1.82. The van der Waals surface area contributed by atoms with Crippen LogP contribution in [0.5, 0.6) is 0 Å². The van der Waals surface area contributed by atoms with E-state index < -0.39 is 0 Å². The normalized spacial score (nSPS) is 19.8. The maximum atomic E-state index is 12.0. The highest BCUT2D eigenvalue weighted by Crippen LogP contribution is 2.19. The monoisotopic (exact) mass is 333 g/mol. The van der Waals surface area contributed by atoms with Gasteiger partial charge in [0.1, 0.15) is 0 Å². The average Bonchev–Trinajstić information content (AvgIpc) is 2.61.